The second-order valence-electron chi connectivity index (χ2n) is 4.10. The number of methoxy groups -OCH3 is 1. The molecule has 0 atom stereocenters. The zero-order valence-electron chi connectivity index (χ0n) is 10.5. The molecule has 5 nitrogen and oxygen atoms in total. The first-order chi connectivity index (χ1) is 7.98. The quantitative estimate of drug-likeness (QED) is 0.810. The van der Waals surface area contributed by atoms with Gasteiger partial charge in [-0.2, -0.15) is 11.8 Å². The molecular weight excluding hydrogens is 238 g/mol. The maximum atomic E-state index is 11.3. The van der Waals surface area contributed by atoms with Crippen molar-refractivity contribution in [2.24, 2.45) is 0 Å². The average Bonchev–Trinajstić information content (AvgIpc) is 2.36. The number of nitrogens with zero attached hydrogens (tertiary/aromatic N) is 2. The van der Waals surface area contributed by atoms with E-state index in [1.54, 1.807) is 18.0 Å². The predicted molar refractivity (Wildman–Crippen MR) is 69.5 cm³/mol. The lowest BCUT2D eigenvalue weighted by Crippen LogP contribution is -2.26. The van der Waals surface area contributed by atoms with Crippen LogP contribution in [0.3, 0.4) is 0 Å². The smallest absolute Gasteiger partial charge is 0.358 e. The van der Waals surface area contributed by atoms with Crippen molar-refractivity contribution in [2.45, 2.75) is 18.6 Å². The molecule has 0 saturated heterocycles. The highest BCUT2D eigenvalue weighted by Crippen LogP contribution is 2.21. The van der Waals surface area contributed by atoms with E-state index in [2.05, 4.69) is 40.1 Å². The lowest BCUT2D eigenvalue weighted by atomic mass is 10.2. The summed E-state index contributed by atoms with van der Waals surface area (Å²) < 4.78 is 4.68. The molecule has 6 heteroatoms. The second kappa shape index (κ2) is 5.86. The van der Waals surface area contributed by atoms with Gasteiger partial charge >= 0.3 is 5.97 Å². The molecule has 1 rings (SSSR count). The van der Waals surface area contributed by atoms with Crippen LogP contribution in [0.15, 0.2) is 12.4 Å². The molecule has 1 aromatic rings. The maximum Gasteiger partial charge on any atom is 0.358 e. The van der Waals surface area contributed by atoms with Gasteiger partial charge < -0.3 is 10.1 Å². The van der Waals surface area contributed by atoms with E-state index in [4.69, 9.17) is 0 Å². The molecule has 0 aliphatic carbocycles. The Morgan fingerprint density at radius 1 is 1.53 bits per heavy atom. The van der Waals surface area contributed by atoms with E-state index < -0.39 is 5.97 Å². The van der Waals surface area contributed by atoms with Gasteiger partial charge in [0.25, 0.3) is 0 Å². The van der Waals surface area contributed by atoms with Gasteiger partial charge in [-0.05, 0) is 20.1 Å². The maximum absolute atomic E-state index is 11.3. The summed E-state index contributed by atoms with van der Waals surface area (Å²) in [7, 11) is 1.32. The minimum atomic E-state index is -0.481. The fourth-order valence-electron chi connectivity index (χ4n) is 1.03. The number of esters is 1. The van der Waals surface area contributed by atoms with Crippen molar-refractivity contribution in [2.75, 3.05) is 25.2 Å². The molecule has 1 aromatic heterocycles. The molecule has 1 heterocycles. The SMILES string of the molecule is COC(=O)c1cncc(NCC(C)(C)SC)n1. The molecule has 94 valence electrons. The molecule has 0 fully saturated rings. The molecule has 0 spiro atoms. The summed E-state index contributed by atoms with van der Waals surface area (Å²) in [6.45, 7) is 5.00. The lowest BCUT2D eigenvalue weighted by Gasteiger charge is -2.22. The first-order valence-electron chi connectivity index (χ1n) is 5.18. The Morgan fingerprint density at radius 3 is 2.82 bits per heavy atom. The monoisotopic (exact) mass is 255 g/mol. The van der Waals surface area contributed by atoms with Crippen molar-refractivity contribution < 1.29 is 9.53 Å². The minimum absolute atomic E-state index is 0.100. The Morgan fingerprint density at radius 2 is 2.24 bits per heavy atom. The van der Waals surface area contributed by atoms with Gasteiger partial charge in [-0.1, -0.05) is 0 Å². The summed E-state index contributed by atoms with van der Waals surface area (Å²) in [5, 5.41) is 3.15. The Kier molecular flexibility index (Phi) is 4.74. The Labute approximate surface area is 105 Å². The van der Waals surface area contributed by atoms with Crippen molar-refractivity contribution in [3.05, 3.63) is 18.1 Å². The molecule has 0 aliphatic rings. The summed E-state index contributed by atoms with van der Waals surface area (Å²) in [5.74, 6) is 0.0975. The van der Waals surface area contributed by atoms with Crippen LogP contribution in [0.1, 0.15) is 24.3 Å². The summed E-state index contributed by atoms with van der Waals surface area (Å²) in [5.41, 5.74) is 0.208. The van der Waals surface area contributed by atoms with Gasteiger partial charge in [0.2, 0.25) is 0 Å². The molecular formula is C11H17N3O2S. The Bertz CT molecular complexity index is 396. The third kappa shape index (κ3) is 4.22. The number of rotatable bonds is 5. The summed E-state index contributed by atoms with van der Waals surface area (Å²) >= 11 is 1.76. The van der Waals surface area contributed by atoms with Crippen LogP contribution in [0.25, 0.3) is 0 Å². The standard InChI is InChI=1S/C11H17N3O2S/c1-11(2,17-4)7-13-9-6-12-5-8(14-9)10(15)16-3/h5-6H,7H2,1-4H3,(H,13,14). The average molecular weight is 255 g/mol. The molecule has 0 saturated carbocycles. The van der Waals surface area contributed by atoms with Crippen LogP contribution >= 0.6 is 11.8 Å². The van der Waals surface area contributed by atoms with Gasteiger partial charge in [-0.25, -0.2) is 9.78 Å². The minimum Gasteiger partial charge on any atom is -0.464 e. The second-order valence-corrected chi connectivity index (χ2v) is 5.61. The van der Waals surface area contributed by atoms with Gasteiger partial charge in [0.1, 0.15) is 5.82 Å². The number of carbonyl (C=O) groups excluding carboxylic acids is 1. The van der Waals surface area contributed by atoms with Crippen molar-refractivity contribution in [1.29, 1.82) is 0 Å². The van der Waals surface area contributed by atoms with Gasteiger partial charge in [-0.3, -0.25) is 4.98 Å². The van der Waals surface area contributed by atoms with Gasteiger partial charge in [0, 0.05) is 11.3 Å². The third-order valence-electron chi connectivity index (χ3n) is 2.28. The van der Waals surface area contributed by atoms with E-state index in [0.29, 0.717) is 5.82 Å². The molecule has 0 radical (unpaired) electrons. The summed E-state index contributed by atoms with van der Waals surface area (Å²) in [6.07, 6.45) is 5.03. The van der Waals surface area contributed by atoms with Crippen LogP contribution < -0.4 is 5.32 Å². The topological polar surface area (TPSA) is 64.1 Å². The number of nitrogens with one attached hydrogen (secondary N) is 1. The normalized spacial score (nSPS) is 11.1. The lowest BCUT2D eigenvalue weighted by molar-refractivity contribution is 0.0593. The van der Waals surface area contributed by atoms with Crippen molar-refractivity contribution in [1.82, 2.24) is 9.97 Å². The number of hydrogen-bond donors (Lipinski definition) is 1. The number of hydrogen-bond acceptors (Lipinski definition) is 6. The van der Waals surface area contributed by atoms with E-state index >= 15 is 0 Å². The van der Waals surface area contributed by atoms with E-state index in [1.165, 1.54) is 13.3 Å². The third-order valence-corrected chi connectivity index (χ3v) is 3.53. The highest BCUT2D eigenvalue weighted by Gasteiger charge is 2.16. The first kappa shape index (κ1) is 13.8. The number of thioether (sulfide) groups is 1. The van der Waals surface area contributed by atoms with Gasteiger partial charge in [0.15, 0.2) is 5.69 Å². The molecule has 0 bridgehead atoms. The van der Waals surface area contributed by atoms with E-state index in [1.807, 2.05) is 0 Å². The molecule has 1 N–H and O–H groups in total. The number of aromatic nitrogens is 2. The van der Waals surface area contributed by atoms with Crippen LogP contribution in [0.2, 0.25) is 0 Å². The molecule has 0 amide bonds. The van der Waals surface area contributed by atoms with Crippen molar-refractivity contribution in [3.8, 4) is 0 Å². The zero-order chi connectivity index (χ0) is 12.9. The predicted octanol–water partition coefficient (Wildman–Crippen LogP) is 1.82. The highest BCUT2D eigenvalue weighted by molar-refractivity contribution is 7.99. The summed E-state index contributed by atoms with van der Waals surface area (Å²) in [6, 6.07) is 0. The van der Waals surface area contributed by atoms with Gasteiger partial charge in [-0.15, -0.1) is 0 Å². The van der Waals surface area contributed by atoms with E-state index in [9.17, 15) is 4.79 Å². The van der Waals surface area contributed by atoms with Crippen LogP contribution in [-0.4, -0.2) is 40.6 Å². The van der Waals surface area contributed by atoms with Crippen molar-refractivity contribution >= 4 is 23.5 Å². The zero-order valence-corrected chi connectivity index (χ0v) is 11.3. The first-order valence-corrected chi connectivity index (χ1v) is 6.40. The van der Waals surface area contributed by atoms with Crippen LogP contribution in [0, 0.1) is 0 Å². The number of anilines is 1. The van der Waals surface area contributed by atoms with E-state index in [0.717, 1.165) is 6.54 Å². The van der Waals surface area contributed by atoms with E-state index in [-0.39, 0.29) is 10.4 Å². The molecule has 0 aromatic carbocycles. The molecule has 0 unspecified atom stereocenters. The van der Waals surface area contributed by atoms with Crippen molar-refractivity contribution in [3.63, 3.8) is 0 Å². The summed E-state index contributed by atoms with van der Waals surface area (Å²) in [4.78, 5) is 19.3. The fraction of sp³-hybridized carbons (Fsp3) is 0.545. The van der Waals surface area contributed by atoms with Gasteiger partial charge in [0.05, 0.1) is 19.5 Å². The highest BCUT2D eigenvalue weighted by atomic mass is 32.2. The van der Waals surface area contributed by atoms with Crippen LogP contribution in [0.4, 0.5) is 5.82 Å². The van der Waals surface area contributed by atoms with Crippen LogP contribution in [0.5, 0.6) is 0 Å². The number of ether oxygens (including phenoxy) is 1. The molecule has 0 aliphatic heterocycles. The Hall–Kier alpha value is -1.30. The molecule has 17 heavy (non-hydrogen) atoms. The number of carbonyl (C=O) groups is 1. The van der Waals surface area contributed by atoms with Crippen LogP contribution in [-0.2, 0) is 4.74 Å². The Balaban J connectivity index is 2.70. The fourth-order valence-corrected chi connectivity index (χ4v) is 1.25. The largest absolute Gasteiger partial charge is 0.464 e.